The number of aromatic nitrogens is 1. The van der Waals surface area contributed by atoms with Gasteiger partial charge in [-0.05, 0) is 32.3 Å². The smallest absolute Gasteiger partial charge is 0.311 e. The van der Waals surface area contributed by atoms with Gasteiger partial charge in [-0.25, -0.2) is 4.98 Å². The van der Waals surface area contributed by atoms with Gasteiger partial charge in [0.1, 0.15) is 5.82 Å². The Morgan fingerprint density at radius 2 is 2.32 bits per heavy atom. The lowest BCUT2D eigenvalue weighted by molar-refractivity contribution is -0.384. The number of nitrogens with zero attached hydrogens (tertiary/aromatic N) is 3. The van der Waals surface area contributed by atoms with Gasteiger partial charge in [0, 0.05) is 25.2 Å². The average Bonchev–Trinajstić information content (AvgIpc) is 2.86. The van der Waals surface area contributed by atoms with Crippen LogP contribution >= 0.6 is 0 Å². The van der Waals surface area contributed by atoms with E-state index < -0.39 is 0 Å². The van der Waals surface area contributed by atoms with Crippen molar-refractivity contribution in [2.24, 2.45) is 0 Å². The van der Waals surface area contributed by atoms with Crippen molar-refractivity contribution in [1.82, 2.24) is 4.98 Å². The Bertz CT molecular complexity index is 464. The Kier molecular flexibility index (Phi) is 4.19. The number of pyridine rings is 1. The summed E-state index contributed by atoms with van der Waals surface area (Å²) >= 11 is 0. The first-order valence-corrected chi connectivity index (χ1v) is 6.83. The van der Waals surface area contributed by atoms with Gasteiger partial charge in [0.2, 0.25) is 5.82 Å². The van der Waals surface area contributed by atoms with Gasteiger partial charge in [0.15, 0.2) is 0 Å². The van der Waals surface area contributed by atoms with Crippen LogP contribution in [0.1, 0.15) is 33.1 Å². The van der Waals surface area contributed by atoms with Crippen molar-refractivity contribution < 1.29 is 4.92 Å². The lowest BCUT2D eigenvalue weighted by Gasteiger charge is -2.24. The lowest BCUT2D eigenvalue weighted by Crippen LogP contribution is -2.30. The summed E-state index contributed by atoms with van der Waals surface area (Å²) in [6.45, 7) is 5.69. The van der Waals surface area contributed by atoms with Crippen molar-refractivity contribution in [3.8, 4) is 0 Å². The van der Waals surface area contributed by atoms with Gasteiger partial charge in [-0.2, -0.15) is 0 Å². The Balaban J connectivity index is 2.39. The molecule has 1 fully saturated rings. The molecule has 0 bridgehead atoms. The van der Waals surface area contributed by atoms with Gasteiger partial charge in [0.05, 0.1) is 4.92 Å². The molecule has 1 atom stereocenters. The molecule has 1 N–H and O–H groups in total. The molecule has 0 saturated carbocycles. The van der Waals surface area contributed by atoms with Gasteiger partial charge >= 0.3 is 5.69 Å². The molecule has 2 rings (SSSR count). The van der Waals surface area contributed by atoms with E-state index in [4.69, 9.17) is 0 Å². The third kappa shape index (κ3) is 2.77. The van der Waals surface area contributed by atoms with E-state index in [1.165, 1.54) is 0 Å². The predicted molar refractivity (Wildman–Crippen MR) is 75.7 cm³/mol. The molecule has 2 heterocycles. The minimum Gasteiger partial charge on any atom is -0.370 e. The highest BCUT2D eigenvalue weighted by atomic mass is 16.6. The molecule has 6 nitrogen and oxygen atoms in total. The molecule has 19 heavy (non-hydrogen) atoms. The minimum atomic E-state index is -0.344. The van der Waals surface area contributed by atoms with Crippen LogP contribution in [0.15, 0.2) is 12.1 Å². The van der Waals surface area contributed by atoms with Crippen LogP contribution in [0.3, 0.4) is 0 Å². The topological polar surface area (TPSA) is 71.3 Å². The molecule has 1 aliphatic rings. The third-order valence-corrected chi connectivity index (χ3v) is 3.53. The predicted octanol–water partition coefficient (Wildman–Crippen LogP) is 2.80. The van der Waals surface area contributed by atoms with Crippen LogP contribution in [0.5, 0.6) is 0 Å². The molecular weight excluding hydrogens is 244 g/mol. The van der Waals surface area contributed by atoms with Crippen molar-refractivity contribution in [3.63, 3.8) is 0 Å². The fraction of sp³-hybridized carbons (Fsp3) is 0.615. The molecule has 0 amide bonds. The molecule has 6 heteroatoms. The summed E-state index contributed by atoms with van der Waals surface area (Å²) in [4.78, 5) is 17.3. The summed E-state index contributed by atoms with van der Waals surface area (Å²) in [6.07, 6.45) is 3.15. The highest BCUT2D eigenvalue weighted by Crippen LogP contribution is 2.33. The second kappa shape index (κ2) is 5.86. The molecule has 0 aromatic carbocycles. The molecule has 0 spiro atoms. The van der Waals surface area contributed by atoms with Gasteiger partial charge < -0.3 is 10.2 Å². The second-order valence-corrected chi connectivity index (χ2v) is 4.72. The molecule has 1 aromatic rings. The van der Waals surface area contributed by atoms with E-state index in [1.54, 1.807) is 12.1 Å². The van der Waals surface area contributed by atoms with Crippen molar-refractivity contribution >= 4 is 17.3 Å². The second-order valence-electron chi connectivity index (χ2n) is 4.72. The maximum Gasteiger partial charge on any atom is 0.311 e. The number of nitrogens with one attached hydrogen (secondary N) is 1. The number of nitro groups is 1. The maximum absolute atomic E-state index is 11.2. The largest absolute Gasteiger partial charge is 0.370 e. The van der Waals surface area contributed by atoms with E-state index in [2.05, 4.69) is 22.1 Å². The monoisotopic (exact) mass is 264 g/mol. The minimum absolute atomic E-state index is 0.0991. The first-order valence-electron chi connectivity index (χ1n) is 6.83. The summed E-state index contributed by atoms with van der Waals surface area (Å²) in [6, 6.07) is 3.58. The van der Waals surface area contributed by atoms with Crippen LogP contribution < -0.4 is 10.2 Å². The quantitative estimate of drug-likeness (QED) is 0.654. The average molecular weight is 264 g/mol. The molecule has 0 aliphatic carbocycles. The van der Waals surface area contributed by atoms with Crippen LogP contribution in [0.25, 0.3) is 0 Å². The van der Waals surface area contributed by atoms with E-state index >= 15 is 0 Å². The number of hydrogen-bond acceptors (Lipinski definition) is 5. The van der Waals surface area contributed by atoms with Crippen molar-refractivity contribution in [2.75, 3.05) is 23.3 Å². The van der Waals surface area contributed by atoms with Crippen molar-refractivity contribution in [3.05, 3.63) is 22.2 Å². The van der Waals surface area contributed by atoms with Crippen LogP contribution in [0.2, 0.25) is 0 Å². The fourth-order valence-corrected chi connectivity index (χ4v) is 2.61. The molecule has 0 radical (unpaired) electrons. The van der Waals surface area contributed by atoms with Crippen LogP contribution in [0.4, 0.5) is 17.3 Å². The van der Waals surface area contributed by atoms with E-state index in [0.29, 0.717) is 17.7 Å². The standard InChI is InChI=1S/C13H20N4O2/c1-3-10-6-5-9-16(10)13-11(17(18)19)7-8-12(15-13)14-4-2/h7-8,10H,3-6,9H2,1-2H3,(H,14,15). The molecule has 1 aliphatic heterocycles. The van der Waals surface area contributed by atoms with Crippen molar-refractivity contribution in [1.29, 1.82) is 0 Å². The first-order chi connectivity index (χ1) is 9.17. The lowest BCUT2D eigenvalue weighted by atomic mass is 10.1. The zero-order chi connectivity index (χ0) is 13.8. The van der Waals surface area contributed by atoms with Gasteiger partial charge in [-0.1, -0.05) is 6.92 Å². The van der Waals surface area contributed by atoms with E-state index in [1.807, 2.05) is 6.92 Å². The van der Waals surface area contributed by atoms with Gasteiger partial charge in [-0.15, -0.1) is 0 Å². The zero-order valence-electron chi connectivity index (χ0n) is 11.4. The van der Waals surface area contributed by atoms with Crippen LogP contribution in [-0.2, 0) is 0 Å². The van der Waals surface area contributed by atoms with E-state index in [9.17, 15) is 10.1 Å². The number of anilines is 2. The summed E-state index contributed by atoms with van der Waals surface area (Å²) in [5.74, 6) is 1.21. The zero-order valence-corrected chi connectivity index (χ0v) is 11.4. The Labute approximate surface area is 113 Å². The number of hydrogen-bond donors (Lipinski definition) is 1. The molecule has 1 unspecified atom stereocenters. The van der Waals surface area contributed by atoms with E-state index in [-0.39, 0.29) is 10.6 Å². The Morgan fingerprint density at radius 1 is 1.53 bits per heavy atom. The van der Waals surface area contributed by atoms with Gasteiger partial charge in [0.25, 0.3) is 0 Å². The molecule has 104 valence electrons. The highest BCUT2D eigenvalue weighted by molar-refractivity contribution is 5.62. The third-order valence-electron chi connectivity index (χ3n) is 3.53. The molecule has 1 aromatic heterocycles. The summed E-state index contributed by atoms with van der Waals surface area (Å²) in [5, 5.41) is 14.3. The molecule has 1 saturated heterocycles. The Hall–Kier alpha value is -1.85. The summed E-state index contributed by atoms with van der Waals surface area (Å²) < 4.78 is 0. The van der Waals surface area contributed by atoms with E-state index in [0.717, 1.165) is 32.4 Å². The van der Waals surface area contributed by atoms with Crippen LogP contribution in [0, 0.1) is 10.1 Å². The highest BCUT2D eigenvalue weighted by Gasteiger charge is 2.30. The van der Waals surface area contributed by atoms with Gasteiger partial charge in [-0.3, -0.25) is 10.1 Å². The first kappa shape index (κ1) is 13.6. The van der Waals surface area contributed by atoms with Crippen molar-refractivity contribution in [2.45, 2.75) is 39.2 Å². The maximum atomic E-state index is 11.2. The molecular formula is C13H20N4O2. The normalized spacial score (nSPS) is 18.6. The Morgan fingerprint density at radius 3 is 2.95 bits per heavy atom. The fourth-order valence-electron chi connectivity index (χ4n) is 2.61. The number of rotatable bonds is 5. The van der Waals surface area contributed by atoms with Crippen LogP contribution in [-0.4, -0.2) is 29.0 Å². The summed E-state index contributed by atoms with van der Waals surface area (Å²) in [5.41, 5.74) is 0.0991. The summed E-state index contributed by atoms with van der Waals surface area (Å²) in [7, 11) is 0. The SMILES string of the molecule is CCNc1ccc([N+](=O)[O-])c(N2CCCC2CC)n1.